The van der Waals surface area contributed by atoms with Crippen molar-refractivity contribution in [3.63, 3.8) is 0 Å². The summed E-state index contributed by atoms with van der Waals surface area (Å²) in [5.74, 6) is -0.194. The number of fused-ring (bicyclic) bond motifs is 1. The van der Waals surface area contributed by atoms with Crippen molar-refractivity contribution in [2.24, 2.45) is 0 Å². The molecule has 0 saturated heterocycles. The highest BCUT2D eigenvalue weighted by Crippen LogP contribution is 2.35. The summed E-state index contributed by atoms with van der Waals surface area (Å²) in [6.45, 7) is 1.88. The molecule has 4 rings (SSSR count). The second-order valence-corrected chi connectivity index (χ2v) is 9.54. The molecule has 3 aromatic rings. The zero-order valence-corrected chi connectivity index (χ0v) is 17.8. The van der Waals surface area contributed by atoms with Gasteiger partial charge in [0, 0.05) is 11.6 Å². The predicted octanol–water partition coefficient (Wildman–Crippen LogP) is 3.92. The Bertz CT molecular complexity index is 1120. The second-order valence-electron chi connectivity index (χ2n) is 7.68. The van der Waals surface area contributed by atoms with Gasteiger partial charge in [-0.2, -0.15) is 0 Å². The zero-order valence-electron chi connectivity index (χ0n) is 16.9. The number of rotatable bonds is 5. The smallest absolute Gasteiger partial charge is 0.252 e. The summed E-state index contributed by atoms with van der Waals surface area (Å²) in [6.07, 6.45) is 1.80. The molecular formula is C24H24N2O3S. The Morgan fingerprint density at radius 1 is 0.967 bits per heavy atom. The summed E-state index contributed by atoms with van der Waals surface area (Å²) in [5.41, 5.74) is 4.04. The normalized spacial score (nSPS) is 15.8. The van der Waals surface area contributed by atoms with E-state index >= 15 is 0 Å². The summed E-state index contributed by atoms with van der Waals surface area (Å²) in [4.78, 5) is 13.1. The third kappa shape index (κ3) is 3.96. The molecule has 5 nitrogen and oxygen atoms in total. The number of anilines is 1. The van der Waals surface area contributed by atoms with Gasteiger partial charge in [0.2, 0.25) is 10.0 Å². The van der Waals surface area contributed by atoms with Crippen LogP contribution in [-0.2, 0) is 16.4 Å². The molecule has 3 aromatic carbocycles. The minimum atomic E-state index is -3.36. The molecule has 0 aromatic heterocycles. The van der Waals surface area contributed by atoms with E-state index in [1.54, 1.807) is 18.2 Å². The van der Waals surface area contributed by atoms with Gasteiger partial charge in [0.15, 0.2) is 0 Å². The van der Waals surface area contributed by atoms with Crippen LogP contribution in [-0.4, -0.2) is 26.6 Å². The second kappa shape index (κ2) is 7.95. The van der Waals surface area contributed by atoms with Crippen LogP contribution in [0.25, 0.3) is 0 Å². The molecule has 1 heterocycles. The highest BCUT2D eigenvalue weighted by molar-refractivity contribution is 7.92. The maximum Gasteiger partial charge on any atom is 0.252 e. The molecule has 0 saturated carbocycles. The number of carbonyl (C=O) groups is 1. The van der Waals surface area contributed by atoms with Crippen molar-refractivity contribution >= 4 is 21.6 Å². The zero-order chi connectivity index (χ0) is 21.3. The predicted molar refractivity (Wildman–Crippen MR) is 119 cm³/mol. The number of hydrogen-bond donors (Lipinski definition) is 1. The molecule has 0 fully saturated rings. The van der Waals surface area contributed by atoms with E-state index in [-0.39, 0.29) is 18.0 Å². The lowest BCUT2D eigenvalue weighted by atomic mass is 9.98. The van der Waals surface area contributed by atoms with Crippen molar-refractivity contribution in [3.8, 4) is 0 Å². The molecule has 1 N–H and O–H groups in total. The van der Waals surface area contributed by atoms with Crippen LogP contribution in [0.5, 0.6) is 0 Å². The number of amides is 1. The van der Waals surface area contributed by atoms with Gasteiger partial charge in [-0.1, -0.05) is 60.7 Å². The van der Waals surface area contributed by atoms with Gasteiger partial charge in [0.25, 0.3) is 5.91 Å². The first kappa shape index (κ1) is 20.2. The van der Waals surface area contributed by atoms with Gasteiger partial charge in [-0.05, 0) is 48.2 Å². The van der Waals surface area contributed by atoms with Gasteiger partial charge >= 0.3 is 0 Å². The van der Waals surface area contributed by atoms with Gasteiger partial charge in [0.05, 0.1) is 18.0 Å². The molecule has 1 aliphatic rings. The maximum atomic E-state index is 13.1. The summed E-state index contributed by atoms with van der Waals surface area (Å²) >= 11 is 0. The topological polar surface area (TPSA) is 66.5 Å². The van der Waals surface area contributed by atoms with Crippen LogP contribution in [0.3, 0.4) is 0 Å². The fourth-order valence-electron chi connectivity index (χ4n) is 4.11. The minimum absolute atomic E-state index is 0.158. The van der Waals surface area contributed by atoms with E-state index in [0.717, 1.165) is 16.7 Å². The molecule has 1 unspecified atom stereocenters. The van der Waals surface area contributed by atoms with Crippen molar-refractivity contribution < 1.29 is 13.2 Å². The molecule has 0 bridgehead atoms. The molecule has 0 radical (unpaired) electrons. The van der Waals surface area contributed by atoms with E-state index in [1.165, 1.54) is 10.6 Å². The number of sulfonamides is 1. The fourth-order valence-corrected chi connectivity index (χ4v) is 5.38. The molecule has 1 atom stereocenters. The van der Waals surface area contributed by atoms with Crippen molar-refractivity contribution in [1.82, 2.24) is 5.32 Å². The lowest BCUT2D eigenvalue weighted by Gasteiger charge is -2.22. The van der Waals surface area contributed by atoms with Gasteiger partial charge in [-0.3, -0.25) is 9.10 Å². The molecule has 1 amide bonds. The van der Waals surface area contributed by atoms with Crippen molar-refractivity contribution in [1.29, 1.82) is 0 Å². The van der Waals surface area contributed by atoms with E-state index in [0.29, 0.717) is 17.7 Å². The van der Waals surface area contributed by atoms with Crippen molar-refractivity contribution in [3.05, 3.63) is 101 Å². The van der Waals surface area contributed by atoms with Crippen molar-refractivity contribution in [2.45, 2.75) is 25.4 Å². The number of carbonyl (C=O) groups excluding carboxylic acids is 1. The van der Waals surface area contributed by atoms with E-state index in [1.807, 2.05) is 67.6 Å². The Hall–Kier alpha value is -3.12. The number of nitrogens with zero attached hydrogens (tertiary/aromatic N) is 1. The first-order chi connectivity index (χ1) is 14.3. The van der Waals surface area contributed by atoms with E-state index < -0.39 is 10.0 Å². The van der Waals surface area contributed by atoms with E-state index in [2.05, 4.69) is 5.32 Å². The van der Waals surface area contributed by atoms with Crippen LogP contribution in [0.1, 0.15) is 40.0 Å². The van der Waals surface area contributed by atoms with E-state index in [4.69, 9.17) is 0 Å². The van der Waals surface area contributed by atoms with Gasteiger partial charge in [0.1, 0.15) is 0 Å². The first-order valence-electron chi connectivity index (χ1n) is 9.87. The lowest BCUT2D eigenvalue weighted by molar-refractivity contribution is 0.0943. The van der Waals surface area contributed by atoms with Crippen LogP contribution < -0.4 is 9.62 Å². The molecule has 6 heteroatoms. The monoisotopic (exact) mass is 420 g/mol. The van der Waals surface area contributed by atoms with Gasteiger partial charge in [-0.15, -0.1) is 0 Å². The summed E-state index contributed by atoms with van der Waals surface area (Å²) in [5, 5.41) is 3.14. The largest absolute Gasteiger partial charge is 0.341 e. The average Bonchev–Trinajstić information content (AvgIpc) is 3.08. The number of nitrogens with one attached hydrogen (secondary N) is 1. The van der Waals surface area contributed by atoms with Crippen molar-refractivity contribution in [2.75, 3.05) is 10.6 Å². The Morgan fingerprint density at radius 2 is 1.53 bits per heavy atom. The minimum Gasteiger partial charge on any atom is -0.341 e. The average molecular weight is 421 g/mol. The molecule has 0 spiro atoms. The molecule has 0 aliphatic carbocycles. The maximum absolute atomic E-state index is 13.1. The van der Waals surface area contributed by atoms with E-state index in [9.17, 15) is 13.2 Å². The molecule has 30 heavy (non-hydrogen) atoms. The molecular weight excluding hydrogens is 396 g/mol. The molecule has 1 aliphatic heterocycles. The number of benzene rings is 3. The Balaban J connectivity index is 1.64. The van der Waals surface area contributed by atoms with Crippen LogP contribution in [0.15, 0.2) is 78.9 Å². The van der Waals surface area contributed by atoms with Crippen LogP contribution >= 0.6 is 0 Å². The quantitative estimate of drug-likeness (QED) is 0.680. The summed E-state index contributed by atoms with van der Waals surface area (Å²) in [7, 11) is -3.36. The SMILES string of the molecule is CC1Cc2cc(C(=O)NC(c3ccccc3)c3ccccc3)ccc2N1S(C)(=O)=O. The lowest BCUT2D eigenvalue weighted by Crippen LogP contribution is -2.34. The summed E-state index contributed by atoms with van der Waals surface area (Å²) < 4.78 is 25.7. The standard InChI is InChI=1S/C24H24N2O3S/c1-17-15-21-16-20(13-14-22(21)26(17)30(2,28)29)24(27)25-23(18-9-5-3-6-10-18)19-11-7-4-8-12-19/h3-14,16-17,23H,15H2,1-2H3,(H,25,27). The first-order valence-corrected chi connectivity index (χ1v) is 11.7. The van der Waals surface area contributed by atoms with Crippen LogP contribution in [0.2, 0.25) is 0 Å². The third-order valence-corrected chi connectivity index (χ3v) is 6.66. The molecule has 154 valence electrons. The Kier molecular flexibility index (Phi) is 5.35. The van der Waals surface area contributed by atoms with Crippen LogP contribution in [0, 0.1) is 0 Å². The highest BCUT2D eigenvalue weighted by atomic mass is 32.2. The fraction of sp³-hybridized carbons (Fsp3) is 0.208. The third-order valence-electron chi connectivity index (χ3n) is 5.39. The summed E-state index contributed by atoms with van der Waals surface area (Å²) in [6, 6.07) is 24.5. The Morgan fingerprint density at radius 3 is 2.07 bits per heavy atom. The highest BCUT2D eigenvalue weighted by Gasteiger charge is 2.33. The Labute approximate surface area is 177 Å². The number of hydrogen-bond acceptors (Lipinski definition) is 3. The van der Waals surface area contributed by atoms with Crippen LogP contribution in [0.4, 0.5) is 5.69 Å². The van der Waals surface area contributed by atoms with Gasteiger partial charge in [-0.25, -0.2) is 8.42 Å². The van der Waals surface area contributed by atoms with Gasteiger partial charge < -0.3 is 5.32 Å².